The first-order chi connectivity index (χ1) is 29.5. The van der Waals surface area contributed by atoms with Gasteiger partial charge in [0.2, 0.25) is 0 Å². The van der Waals surface area contributed by atoms with Crippen molar-refractivity contribution in [3.05, 3.63) is 223 Å². The van der Waals surface area contributed by atoms with Gasteiger partial charge in [0.15, 0.2) is 0 Å². The predicted molar refractivity (Wildman–Crippen MR) is 253 cm³/mol. The highest BCUT2D eigenvalue weighted by molar-refractivity contribution is 6.12. The number of fused-ring (bicyclic) bond motifs is 8. The molecule has 0 fully saturated rings. The van der Waals surface area contributed by atoms with Crippen molar-refractivity contribution < 1.29 is 0 Å². The summed E-state index contributed by atoms with van der Waals surface area (Å²) >= 11 is 0. The van der Waals surface area contributed by atoms with Crippen LogP contribution in [0, 0.1) is 0 Å². The van der Waals surface area contributed by atoms with E-state index in [0.29, 0.717) is 0 Å². The molecule has 3 nitrogen and oxygen atoms in total. The number of hydrogen-bond donors (Lipinski definition) is 0. The highest BCUT2D eigenvalue weighted by Gasteiger charge is 2.38. The van der Waals surface area contributed by atoms with Gasteiger partial charge in [-0.2, -0.15) is 0 Å². The molecule has 1 aliphatic heterocycles. The zero-order valence-corrected chi connectivity index (χ0v) is 33.5. The molecule has 3 heteroatoms. The molecule has 1 aliphatic rings. The van der Waals surface area contributed by atoms with Gasteiger partial charge in [-0.05, 0) is 118 Å². The topological polar surface area (TPSA) is 13.1 Å². The third-order valence-corrected chi connectivity index (χ3v) is 12.8. The Balaban J connectivity index is 1.11. The number of anilines is 3. The molecule has 12 rings (SSSR count). The van der Waals surface area contributed by atoms with Crippen molar-refractivity contribution in [3.8, 4) is 33.6 Å². The average Bonchev–Trinajstić information content (AvgIpc) is 3.82. The van der Waals surface area contributed by atoms with E-state index in [0.717, 1.165) is 17.1 Å². The normalized spacial score (nSPS) is 13.3. The number of rotatable bonds is 5. The fourth-order valence-corrected chi connectivity index (χ4v) is 9.99. The van der Waals surface area contributed by atoms with Crippen molar-refractivity contribution in [2.75, 3.05) is 4.90 Å². The van der Waals surface area contributed by atoms with Crippen LogP contribution >= 0.6 is 0 Å². The summed E-state index contributed by atoms with van der Waals surface area (Å²) in [4.78, 5) is 2.48. The second-order valence-electron chi connectivity index (χ2n) is 16.6. The van der Waals surface area contributed by atoms with Crippen LogP contribution in [-0.2, 0) is 5.41 Å². The van der Waals surface area contributed by atoms with E-state index in [1.165, 1.54) is 88.4 Å². The van der Waals surface area contributed by atoms with Gasteiger partial charge in [-0.3, -0.25) is 0 Å². The van der Waals surface area contributed by atoms with Crippen LogP contribution in [0.15, 0.2) is 212 Å². The van der Waals surface area contributed by atoms with Crippen LogP contribution in [0.3, 0.4) is 0 Å². The standard InChI is InChI=1S/C57H41N3/c1-57(2)49-35-39(41-32-40(38-18-6-3-7-19-38)33-44(34-41)60-51-27-15-12-24-45(51)46-25-13-16-28-52(46)60)30-31-54(49)59(43-22-10-5-11-23-43)56-36-48-47-26-14-17-29-53(47)58(55(48)37-50(56)57)42-20-8-4-9-21-42/h3-37H,1-2H3. The summed E-state index contributed by atoms with van der Waals surface area (Å²) in [6.07, 6.45) is 0. The Kier molecular flexibility index (Phi) is 7.58. The van der Waals surface area contributed by atoms with E-state index in [4.69, 9.17) is 0 Å². The molecule has 0 spiro atoms. The molecule has 60 heavy (non-hydrogen) atoms. The van der Waals surface area contributed by atoms with Gasteiger partial charge in [0.05, 0.1) is 33.4 Å². The van der Waals surface area contributed by atoms with Crippen molar-refractivity contribution >= 4 is 60.7 Å². The molecule has 0 aliphatic carbocycles. The van der Waals surface area contributed by atoms with E-state index in [2.05, 4.69) is 240 Å². The lowest BCUT2D eigenvalue weighted by Crippen LogP contribution is -2.30. The summed E-state index contributed by atoms with van der Waals surface area (Å²) in [7, 11) is 0. The quantitative estimate of drug-likeness (QED) is 0.170. The Bertz CT molecular complexity index is 3390. The monoisotopic (exact) mass is 767 g/mol. The minimum atomic E-state index is -0.329. The number of hydrogen-bond acceptors (Lipinski definition) is 1. The van der Waals surface area contributed by atoms with Crippen molar-refractivity contribution in [1.29, 1.82) is 0 Å². The second-order valence-corrected chi connectivity index (χ2v) is 16.6. The van der Waals surface area contributed by atoms with Crippen molar-refractivity contribution in [1.82, 2.24) is 9.13 Å². The molecule has 0 saturated carbocycles. The van der Waals surface area contributed by atoms with E-state index < -0.39 is 0 Å². The smallest absolute Gasteiger partial charge is 0.0545 e. The lowest BCUT2D eigenvalue weighted by molar-refractivity contribution is 0.633. The summed E-state index contributed by atoms with van der Waals surface area (Å²) in [6.45, 7) is 4.81. The molecule has 11 aromatic rings. The van der Waals surface area contributed by atoms with E-state index in [1.807, 2.05) is 0 Å². The van der Waals surface area contributed by atoms with Crippen LogP contribution in [0.1, 0.15) is 25.0 Å². The van der Waals surface area contributed by atoms with E-state index >= 15 is 0 Å². The Morgan fingerprint density at radius 3 is 1.40 bits per heavy atom. The molecule has 0 bridgehead atoms. The Labute approximate surface area is 349 Å². The van der Waals surface area contributed by atoms with E-state index in [9.17, 15) is 0 Å². The molecular weight excluding hydrogens is 727 g/mol. The number of benzene rings is 9. The maximum absolute atomic E-state index is 2.48. The van der Waals surface area contributed by atoms with Gasteiger partial charge in [0.1, 0.15) is 0 Å². The lowest BCUT2D eigenvalue weighted by Gasteiger charge is -2.42. The summed E-state index contributed by atoms with van der Waals surface area (Å²) in [5, 5.41) is 5.02. The van der Waals surface area contributed by atoms with Crippen LogP contribution in [0.4, 0.5) is 17.1 Å². The van der Waals surface area contributed by atoms with E-state index in [1.54, 1.807) is 0 Å². The molecule has 0 saturated heterocycles. The van der Waals surface area contributed by atoms with Crippen LogP contribution in [0.5, 0.6) is 0 Å². The number of aromatic nitrogens is 2. The SMILES string of the molecule is CC1(C)c2cc(-c3cc(-c4ccccc4)cc(-n4c5ccccc5c5ccccc54)c3)ccc2N(c2ccccc2)c2cc3c4ccccc4n(-c4ccccc4)c3cc21. The summed E-state index contributed by atoms with van der Waals surface area (Å²) in [5.74, 6) is 0. The maximum Gasteiger partial charge on any atom is 0.0545 e. The first-order valence-electron chi connectivity index (χ1n) is 20.9. The Morgan fingerprint density at radius 2 is 0.783 bits per heavy atom. The lowest BCUT2D eigenvalue weighted by atomic mass is 9.72. The average molecular weight is 768 g/mol. The molecule has 2 aromatic heterocycles. The molecule has 0 radical (unpaired) electrons. The highest BCUT2D eigenvalue weighted by Crippen LogP contribution is 2.54. The zero-order chi connectivity index (χ0) is 40.0. The van der Waals surface area contributed by atoms with Gasteiger partial charge in [0.25, 0.3) is 0 Å². The van der Waals surface area contributed by atoms with Gasteiger partial charge < -0.3 is 14.0 Å². The molecule has 0 N–H and O–H groups in total. The molecule has 9 aromatic carbocycles. The van der Waals surface area contributed by atoms with Crippen LogP contribution in [0.2, 0.25) is 0 Å². The second kappa shape index (κ2) is 13.2. The first-order valence-corrected chi connectivity index (χ1v) is 20.9. The van der Waals surface area contributed by atoms with Gasteiger partial charge >= 0.3 is 0 Å². The predicted octanol–water partition coefficient (Wildman–Crippen LogP) is 15.3. The summed E-state index contributed by atoms with van der Waals surface area (Å²) in [6, 6.07) is 78.0. The maximum atomic E-state index is 2.48. The molecule has 284 valence electrons. The molecule has 0 amide bonds. The van der Waals surface area contributed by atoms with Gasteiger partial charge in [-0.1, -0.05) is 141 Å². The van der Waals surface area contributed by atoms with Crippen LogP contribution in [0.25, 0.3) is 77.2 Å². The van der Waals surface area contributed by atoms with Crippen LogP contribution in [-0.4, -0.2) is 9.13 Å². The minimum absolute atomic E-state index is 0.329. The minimum Gasteiger partial charge on any atom is -0.310 e. The molecule has 0 atom stereocenters. The van der Waals surface area contributed by atoms with E-state index in [-0.39, 0.29) is 5.41 Å². The number of nitrogens with zero attached hydrogens (tertiary/aromatic N) is 3. The molecule has 0 unspecified atom stereocenters. The Morgan fingerprint density at radius 1 is 0.300 bits per heavy atom. The van der Waals surface area contributed by atoms with Crippen LogP contribution < -0.4 is 4.90 Å². The summed E-state index contributed by atoms with van der Waals surface area (Å²) in [5.41, 5.74) is 17.7. The number of para-hydroxylation sites is 5. The van der Waals surface area contributed by atoms with Crippen molar-refractivity contribution in [2.45, 2.75) is 19.3 Å². The largest absolute Gasteiger partial charge is 0.310 e. The fraction of sp³-hybridized carbons (Fsp3) is 0.0526. The fourth-order valence-electron chi connectivity index (χ4n) is 9.99. The van der Waals surface area contributed by atoms with Gasteiger partial charge in [-0.15, -0.1) is 0 Å². The third-order valence-electron chi connectivity index (χ3n) is 12.8. The molecular formula is C57H41N3. The molecule has 3 heterocycles. The first kappa shape index (κ1) is 34.4. The van der Waals surface area contributed by atoms with Crippen molar-refractivity contribution in [2.24, 2.45) is 0 Å². The van der Waals surface area contributed by atoms with Gasteiger partial charge in [0, 0.05) is 44.0 Å². The van der Waals surface area contributed by atoms with Gasteiger partial charge in [-0.25, -0.2) is 0 Å². The van der Waals surface area contributed by atoms with Crippen molar-refractivity contribution in [3.63, 3.8) is 0 Å². The third kappa shape index (κ3) is 5.15. The summed E-state index contributed by atoms with van der Waals surface area (Å²) < 4.78 is 4.87. The Hall–Kier alpha value is -7.62. The zero-order valence-electron chi connectivity index (χ0n) is 33.5. The highest BCUT2D eigenvalue weighted by atomic mass is 15.2.